The minimum atomic E-state index is -3.90. The monoisotopic (exact) mass is 292 g/mol. The number of nitrogens with two attached hydrogens (primary N) is 1. The predicted octanol–water partition coefficient (Wildman–Crippen LogP) is 0.0357. The van der Waals surface area contributed by atoms with Gasteiger partial charge < -0.3 is 15.6 Å². The number of aliphatic hydroxyl groups is 1. The Labute approximate surface area is 111 Å². The molecule has 6 nitrogen and oxygen atoms in total. The Balaban J connectivity index is 2.96. The molecular formula is C11H17FN2O4S. The lowest BCUT2D eigenvalue weighted by Crippen LogP contribution is -2.36. The quantitative estimate of drug-likeness (QED) is 0.722. The lowest BCUT2D eigenvalue weighted by molar-refractivity contribution is 0.0554. The third-order valence-corrected chi connectivity index (χ3v) is 4.23. The summed E-state index contributed by atoms with van der Waals surface area (Å²) in [6.07, 6.45) is -0.962. The Morgan fingerprint density at radius 1 is 1.47 bits per heavy atom. The van der Waals surface area contributed by atoms with Crippen molar-refractivity contribution in [2.24, 2.45) is 0 Å². The first-order valence-corrected chi connectivity index (χ1v) is 6.90. The molecule has 108 valence electrons. The fourth-order valence-corrected chi connectivity index (χ4v) is 2.83. The first-order valence-electron chi connectivity index (χ1n) is 5.46. The summed E-state index contributed by atoms with van der Waals surface area (Å²) >= 11 is 0. The summed E-state index contributed by atoms with van der Waals surface area (Å²) in [6.45, 7) is -0.155. The van der Waals surface area contributed by atoms with Crippen LogP contribution in [0.2, 0.25) is 0 Å². The summed E-state index contributed by atoms with van der Waals surface area (Å²) in [4.78, 5) is -0.253. The van der Waals surface area contributed by atoms with E-state index in [1.807, 2.05) is 0 Å². The molecule has 0 spiro atoms. The maximum absolute atomic E-state index is 13.2. The number of halogens is 1. The minimum absolute atomic E-state index is 0.00511. The normalized spacial score (nSPS) is 13.7. The third-order valence-electron chi connectivity index (χ3n) is 2.43. The van der Waals surface area contributed by atoms with Crippen molar-refractivity contribution in [2.75, 3.05) is 33.0 Å². The summed E-state index contributed by atoms with van der Waals surface area (Å²) in [5.74, 6) is -0.732. The fourth-order valence-electron chi connectivity index (χ4n) is 1.55. The number of aliphatic hydroxyl groups excluding tert-OH is 1. The van der Waals surface area contributed by atoms with E-state index in [1.54, 1.807) is 0 Å². The van der Waals surface area contributed by atoms with E-state index in [2.05, 4.69) is 0 Å². The van der Waals surface area contributed by atoms with E-state index in [0.29, 0.717) is 0 Å². The Morgan fingerprint density at radius 2 is 2.11 bits per heavy atom. The van der Waals surface area contributed by atoms with E-state index in [0.717, 1.165) is 22.5 Å². The molecule has 1 atom stereocenters. The second-order valence-corrected chi connectivity index (χ2v) is 6.16. The summed E-state index contributed by atoms with van der Waals surface area (Å²) in [7, 11) is -1.22. The average Bonchev–Trinajstić information content (AvgIpc) is 2.27. The number of likely N-dealkylation sites (N-methyl/N-ethyl adjacent to an activating group) is 1. The molecular weight excluding hydrogens is 275 g/mol. The van der Waals surface area contributed by atoms with Crippen LogP contribution in [0.1, 0.15) is 0 Å². The van der Waals surface area contributed by atoms with E-state index in [-0.39, 0.29) is 23.7 Å². The van der Waals surface area contributed by atoms with Crippen LogP contribution in [0.3, 0.4) is 0 Å². The molecule has 0 amide bonds. The molecule has 3 N–H and O–H groups in total. The molecule has 0 aliphatic heterocycles. The van der Waals surface area contributed by atoms with Gasteiger partial charge in [-0.1, -0.05) is 0 Å². The van der Waals surface area contributed by atoms with Crippen LogP contribution in [0.5, 0.6) is 0 Å². The van der Waals surface area contributed by atoms with Crippen LogP contribution < -0.4 is 5.73 Å². The zero-order valence-electron chi connectivity index (χ0n) is 10.7. The van der Waals surface area contributed by atoms with Crippen LogP contribution >= 0.6 is 0 Å². The number of hydrogen-bond acceptors (Lipinski definition) is 5. The number of ether oxygens (including phenoxy) is 1. The molecule has 0 fully saturated rings. The number of nitrogen functional groups attached to an aromatic ring is 1. The highest BCUT2D eigenvalue weighted by atomic mass is 32.2. The topological polar surface area (TPSA) is 92.9 Å². The number of hydrogen-bond donors (Lipinski definition) is 2. The molecule has 0 bridgehead atoms. The fraction of sp³-hybridized carbons (Fsp3) is 0.455. The highest BCUT2D eigenvalue weighted by Crippen LogP contribution is 2.19. The highest BCUT2D eigenvalue weighted by molar-refractivity contribution is 7.89. The van der Waals surface area contributed by atoms with Gasteiger partial charge in [-0.2, -0.15) is 4.31 Å². The molecule has 0 radical (unpaired) electrons. The van der Waals surface area contributed by atoms with Gasteiger partial charge in [-0.05, 0) is 18.2 Å². The zero-order chi connectivity index (χ0) is 14.6. The largest absolute Gasteiger partial charge is 0.399 e. The van der Waals surface area contributed by atoms with Gasteiger partial charge in [0.05, 0.1) is 17.6 Å². The van der Waals surface area contributed by atoms with Crippen LogP contribution in [0, 0.1) is 5.82 Å². The minimum Gasteiger partial charge on any atom is -0.399 e. The molecule has 0 saturated carbocycles. The van der Waals surface area contributed by atoms with Crippen molar-refractivity contribution in [1.82, 2.24) is 4.31 Å². The summed E-state index contributed by atoms with van der Waals surface area (Å²) in [5.41, 5.74) is 5.43. The highest BCUT2D eigenvalue weighted by Gasteiger charge is 2.24. The van der Waals surface area contributed by atoms with Gasteiger partial charge in [0.1, 0.15) is 5.82 Å². The summed E-state index contributed by atoms with van der Waals surface area (Å²) < 4.78 is 43.1. The molecule has 0 aliphatic carbocycles. The predicted molar refractivity (Wildman–Crippen MR) is 68.5 cm³/mol. The van der Waals surface area contributed by atoms with Crippen LogP contribution in [0.4, 0.5) is 10.1 Å². The van der Waals surface area contributed by atoms with Crippen molar-refractivity contribution in [3.63, 3.8) is 0 Å². The van der Waals surface area contributed by atoms with Gasteiger partial charge in [-0.3, -0.25) is 0 Å². The van der Waals surface area contributed by atoms with Crippen LogP contribution in [-0.2, 0) is 14.8 Å². The molecule has 0 aliphatic rings. The maximum Gasteiger partial charge on any atom is 0.243 e. The second kappa shape index (κ2) is 6.29. The van der Waals surface area contributed by atoms with Crippen LogP contribution in [-0.4, -0.2) is 51.2 Å². The Hall–Kier alpha value is -1.22. The second-order valence-electron chi connectivity index (χ2n) is 4.11. The van der Waals surface area contributed by atoms with Crippen LogP contribution in [0.25, 0.3) is 0 Å². The number of methoxy groups -OCH3 is 1. The number of rotatable bonds is 6. The summed E-state index contributed by atoms with van der Waals surface area (Å²) in [6, 6.07) is 3.07. The van der Waals surface area contributed by atoms with Gasteiger partial charge in [0, 0.05) is 26.4 Å². The van der Waals surface area contributed by atoms with Crippen molar-refractivity contribution >= 4 is 15.7 Å². The van der Waals surface area contributed by atoms with Crippen molar-refractivity contribution in [1.29, 1.82) is 0 Å². The lowest BCUT2D eigenvalue weighted by atomic mass is 10.3. The van der Waals surface area contributed by atoms with Crippen molar-refractivity contribution in [2.45, 2.75) is 11.0 Å². The maximum atomic E-state index is 13.2. The molecule has 1 aromatic carbocycles. The zero-order valence-corrected chi connectivity index (χ0v) is 11.5. The third kappa shape index (κ3) is 4.13. The van der Waals surface area contributed by atoms with E-state index < -0.39 is 21.9 Å². The first kappa shape index (κ1) is 15.8. The van der Waals surface area contributed by atoms with Gasteiger partial charge in [-0.25, -0.2) is 12.8 Å². The SMILES string of the molecule is COCC(O)CN(C)S(=O)(=O)c1cc(N)cc(F)c1. The smallest absolute Gasteiger partial charge is 0.243 e. The van der Waals surface area contributed by atoms with E-state index >= 15 is 0 Å². The van der Waals surface area contributed by atoms with E-state index in [1.165, 1.54) is 14.2 Å². The molecule has 8 heteroatoms. The molecule has 19 heavy (non-hydrogen) atoms. The van der Waals surface area contributed by atoms with Crippen molar-refractivity contribution < 1.29 is 22.7 Å². The van der Waals surface area contributed by atoms with Crippen LogP contribution in [0.15, 0.2) is 23.1 Å². The number of sulfonamides is 1. The van der Waals surface area contributed by atoms with Gasteiger partial charge >= 0.3 is 0 Å². The Kier molecular flexibility index (Phi) is 5.24. The number of benzene rings is 1. The number of nitrogens with zero attached hydrogens (tertiary/aromatic N) is 1. The lowest BCUT2D eigenvalue weighted by Gasteiger charge is -2.20. The summed E-state index contributed by atoms with van der Waals surface area (Å²) in [5, 5.41) is 9.51. The van der Waals surface area contributed by atoms with E-state index in [4.69, 9.17) is 10.5 Å². The van der Waals surface area contributed by atoms with Gasteiger partial charge in [-0.15, -0.1) is 0 Å². The molecule has 1 unspecified atom stereocenters. The van der Waals surface area contributed by atoms with Crippen molar-refractivity contribution in [3.8, 4) is 0 Å². The van der Waals surface area contributed by atoms with E-state index in [9.17, 15) is 17.9 Å². The molecule has 0 saturated heterocycles. The molecule has 0 aromatic heterocycles. The molecule has 1 aromatic rings. The average molecular weight is 292 g/mol. The number of anilines is 1. The Bertz CT molecular complexity index is 515. The molecule has 1 rings (SSSR count). The van der Waals surface area contributed by atoms with Gasteiger partial charge in [0.25, 0.3) is 0 Å². The first-order chi connectivity index (χ1) is 8.77. The van der Waals surface area contributed by atoms with Gasteiger partial charge in [0.2, 0.25) is 10.0 Å². The standard InChI is InChI=1S/C11H17FN2O4S/c1-14(6-10(15)7-18-2)19(16,17)11-4-8(12)3-9(13)5-11/h3-5,10,15H,6-7,13H2,1-2H3. The Morgan fingerprint density at radius 3 is 2.63 bits per heavy atom. The molecule has 0 heterocycles. The van der Waals surface area contributed by atoms with Gasteiger partial charge in [0.15, 0.2) is 0 Å². The van der Waals surface area contributed by atoms with Crippen molar-refractivity contribution in [3.05, 3.63) is 24.0 Å².